The van der Waals surface area contributed by atoms with Crippen molar-refractivity contribution in [2.24, 2.45) is 0 Å². The Morgan fingerprint density at radius 2 is 2.28 bits per heavy atom. The minimum Gasteiger partial charge on any atom is -0.326 e. The van der Waals surface area contributed by atoms with Crippen LogP contribution < -0.4 is 5.32 Å². The second kappa shape index (κ2) is 4.49. The lowest BCUT2D eigenvalue weighted by atomic mass is 10.0. The van der Waals surface area contributed by atoms with Crippen molar-refractivity contribution in [2.45, 2.75) is 12.8 Å². The van der Waals surface area contributed by atoms with Gasteiger partial charge in [-0.3, -0.25) is 4.79 Å². The highest BCUT2D eigenvalue weighted by Crippen LogP contribution is 2.24. The molecule has 1 aliphatic heterocycles. The Morgan fingerprint density at radius 1 is 1.33 bits per heavy atom. The normalized spacial score (nSPS) is 14.6. The highest BCUT2D eigenvalue weighted by molar-refractivity contribution is 5.94. The van der Waals surface area contributed by atoms with Crippen LogP contribution in [0.1, 0.15) is 17.5 Å². The van der Waals surface area contributed by atoms with Gasteiger partial charge in [-0.05, 0) is 35.8 Å². The Morgan fingerprint density at radius 3 is 3.11 bits per heavy atom. The zero-order valence-electron chi connectivity index (χ0n) is 9.84. The topological polar surface area (TPSA) is 46.9 Å². The van der Waals surface area contributed by atoms with Crippen LogP contribution in [0.5, 0.6) is 0 Å². The van der Waals surface area contributed by atoms with Gasteiger partial charge in [0.2, 0.25) is 5.91 Å². The van der Waals surface area contributed by atoms with E-state index in [0.29, 0.717) is 6.42 Å². The van der Waals surface area contributed by atoms with Crippen molar-refractivity contribution in [3.05, 3.63) is 48.0 Å². The van der Waals surface area contributed by atoms with Crippen LogP contribution >= 0.6 is 0 Å². The molecule has 4 nitrogen and oxygen atoms in total. The number of carbonyl (C=O) groups is 1. The average Bonchev–Trinajstić information content (AvgIpc) is 2.89. The molecule has 4 heteroatoms. The van der Waals surface area contributed by atoms with E-state index in [2.05, 4.69) is 16.4 Å². The van der Waals surface area contributed by atoms with Gasteiger partial charge in [-0.15, -0.1) is 0 Å². The van der Waals surface area contributed by atoms with Gasteiger partial charge in [0, 0.05) is 30.7 Å². The van der Waals surface area contributed by atoms with E-state index in [1.807, 2.05) is 35.2 Å². The summed E-state index contributed by atoms with van der Waals surface area (Å²) in [6, 6.07) is 6.07. The quantitative estimate of drug-likeness (QED) is 0.874. The average molecular weight is 239 g/mol. The molecule has 1 amide bonds. The number of nitrogens with zero attached hydrogens (tertiary/aromatic N) is 2. The predicted octanol–water partition coefficient (Wildman–Crippen LogP) is 2.40. The first-order valence-electron chi connectivity index (χ1n) is 5.90. The number of hydrogen-bond donors (Lipinski definition) is 1. The van der Waals surface area contributed by atoms with Crippen LogP contribution in [0.25, 0.3) is 12.3 Å². The highest BCUT2D eigenvalue weighted by Gasteiger charge is 2.13. The van der Waals surface area contributed by atoms with Crippen molar-refractivity contribution in [3.63, 3.8) is 0 Å². The summed E-state index contributed by atoms with van der Waals surface area (Å²) in [5.41, 5.74) is 3.26. The second-order valence-corrected chi connectivity index (χ2v) is 4.29. The fraction of sp³-hybridized carbons (Fsp3) is 0.143. The molecule has 0 radical (unpaired) electrons. The van der Waals surface area contributed by atoms with Crippen molar-refractivity contribution < 1.29 is 4.79 Å². The highest BCUT2D eigenvalue weighted by atomic mass is 16.1. The van der Waals surface area contributed by atoms with Gasteiger partial charge in [0.15, 0.2) is 0 Å². The van der Waals surface area contributed by atoms with Crippen LogP contribution in [0.15, 0.2) is 36.9 Å². The first kappa shape index (κ1) is 10.8. The monoisotopic (exact) mass is 239 g/mol. The van der Waals surface area contributed by atoms with Crippen molar-refractivity contribution >= 4 is 23.9 Å². The third-order valence-electron chi connectivity index (χ3n) is 2.99. The largest absolute Gasteiger partial charge is 0.326 e. The maximum absolute atomic E-state index is 11.3. The molecule has 1 N–H and O–H groups in total. The first-order valence-corrected chi connectivity index (χ1v) is 5.90. The number of carbonyl (C=O) groups excluding carboxylic acids is 1. The van der Waals surface area contributed by atoms with Crippen LogP contribution in [-0.2, 0) is 11.2 Å². The number of aryl methyl sites for hydroxylation is 1. The summed E-state index contributed by atoms with van der Waals surface area (Å²) >= 11 is 0. The molecule has 1 aromatic heterocycles. The number of rotatable bonds is 2. The smallest absolute Gasteiger partial charge is 0.224 e. The summed E-state index contributed by atoms with van der Waals surface area (Å²) in [5.74, 6) is 0.101. The van der Waals surface area contributed by atoms with E-state index in [1.165, 1.54) is 5.56 Å². The molecule has 0 aliphatic carbocycles. The standard InChI is InChI=1S/C14H13N3O/c18-14-4-2-12-9-11(1-3-13(12)16-14)5-7-17-8-6-15-10-17/h1,3,5-10H,2,4H2,(H,16,18). The van der Waals surface area contributed by atoms with Gasteiger partial charge >= 0.3 is 0 Å². The molecule has 0 saturated carbocycles. The van der Waals surface area contributed by atoms with Gasteiger partial charge in [-0.2, -0.15) is 0 Å². The molecular weight excluding hydrogens is 226 g/mol. The number of aromatic nitrogens is 2. The third-order valence-corrected chi connectivity index (χ3v) is 2.99. The Balaban J connectivity index is 1.84. The van der Waals surface area contributed by atoms with Crippen molar-refractivity contribution in [2.75, 3.05) is 5.32 Å². The molecule has 1 aromatic carbocycles. The summed E-state index contributed by atoms with van der Waals surface area (Å²) < 4.78 is 1.89. The van der Waals surface area contributed by atoms with Gasteiger partial charge in [0.05, 0.1) is 6.33 Å². The molecule has 1 aliphatic rings. The van der Waals surface area contributed by atoms with E-state index < -0.39 is 0 Å². The summed E-state index contributed by atoms with van der Waals surface area (Å²) in [6.07, 6.45) is 10.7. The molecule has 0 fully saturated rings. The van der Waals surface area contributed by atoms with Crippen molar-refractivity contribution in [1.82, 2.24) is 9.55 Å². The van der Waals surface area contributed by atoms with Crippen LogP contribution in [0, 0.1) is 0 Å². The van der Waals surface area contributed by atoms with E-state index in [-0.39, 0.29) is 5.91 Å². The Hall–Kier alpha value is -2.36. The van der Waals surface area contributed by atoms with Crippen LogP contribution in [-0.4, -0.2) is 15.5 Å². The minimum atomic E-state index is 0.101. The summed E-state index contributed by atoms with van der Waals surface area (Å²) in [7, 11) is 0. The lowest BCUT2D eigenvalue weighted by Crippen LogP contribution is -2.18. The van der Waals surface area contributed by atoms with E-state index in [9.17, 15) is 4.79 Å². The van der Waals surface area contributed by atoms with Gasteiger partial charge < -0.3 is 9.88 Å². The number of imidazole rings is 1. The molecule has 0 saturated heterocycles. The Labute approximate surface area is 105 Å². The fourth-order valence-electron chi connectivity index (χ4n) is 2.04. The van der Waals surface area contributed by atoms with E-state index >= 15 is 0 Å². The summed E-state index contributed by atoms with van der Waals surface area (Å²) in [6.45, 7) is 0. The molecule has 0 spiro atoms. The number of benzene rings is 1. The zero-order chi connectivity index (χ0) is 12.4. The van der Waals surface area contributed by atoms with E-state index in [4.69, 9.17) is 0 Å². The Bertz CT molecular complexity index is 600. The van der Waals surface area contributed by atoms with Crippen LogP contribution in [0.4, 0.5) is 5.69 Å². The van der Waals surface area contributed by atoms with E-state index in [1.54, 1.807) is 12.5 Å². The molecule has 90 valence electrons. The van der Waals surface area contributed by atoms with Gasteiger partial charge in [-0.25, -0.2) is 4.98 Å². The van der Waals surface area contributed by atoms with Gasteiger partial charge in [0.1, 0.15) is 0 Å². The lowest BCUT2D eigenvalue weighted by molar-refractivity contribution is -0.116. The number of hydrogen-bond acceptors (Lipinski definition) is 2. The molecule has 0 unspecified atom stereocenters. The number of nitrogens with one attached hydrogen (secondary N) is 1. The number of amides is 1. The minimum absolute atomic E-state index is 0.101. The SMILES string of the molecule is O=C1CCc2cc(C=Cn3ccnc3)ccc2N1. The van der Waals surface area contributed by atoms with Crippen molar-refractivity contribution in [3.8, 4) is 0 Å². The van der Waals surface area contributed by atoms with Crippen molar-refractivity contribution in [1.29, 1.82) is 0 Å². The molecule has 0 atom stereocenters. The maximum atomic E-state index is 11.3. The second-order valence-electron chi connectivity index (χ2n) is 4.29. The maximum Gasteiger partial charge on any atom is 0.224 e. The predicted molar refractivity (Wildman–Crippen MR) is 70.8 cm³/mol. The lowest BCUT2D eigenvalue weighted by Gasteiger charge is -2.16. The van der Waals surface area contributed by atoms with Gasteiger partial charge in [-0.1, -0.05) is 6.07 Å². The van der Waals surface area contributed by atoms with E-state index in [0.717, 1.165) is 17.7 Å². The van der Waals surface area contributed by atoms with Gasteiger partial charge in [0.25, 0.3) is 0 Å². The molecule has 2 heterocycles. The third kappa shape index (κ3) is 2.18. The zero-order valence-corrected chi connectivity index (χ0v) is 9.84. The number of fused-ring (bicyclic) bond motifs is 1. The molecule has 2 aromatic rings. The fourth-order valence-corrected chi connectivity index (χ4v) is 2.04. The first-order chi connectivity index (χ1) is 8.81. The molecule has 18 heavy (non-hydrogen) atoms. The number of anilines is 1. The molecule has 0 bridgehead atoms. The van der Waals surface area contributed by atoms with Crippen LogP contribution in [0.3, 0.4) is 0 Å². The van der Waals surface area contributed by atoms with Crippen LogP contribution in [0.2, 0.25) is 0 Å². The molecular formula is C14H13N3O. The Kier molecular flexibility index (Phi) is 2.68. The molecule has 3 rings (SSSR count). The summed E-state index contributed by atoms with van der Waals surface area (Å²) in [5, 5.41) is 2.88. The summed E-state index contributed by atoms with van der Waals surface area (Å²) in [4.78, 5) is 15.2.